The molecule has 0 saturated heterocycles. The number of carbonyl (C=O) groups excluding carboxylic acids is 2. The molecule has 0 spiro atoms. The monoisotopic (exact) mass is 485 g/mol. The quantitative estimate of drug-likeness (QED) is 0.473. The van der Waals surface area contributed by atoms with Gasteiger partial charge in [0.25, 0.3) is 5.91 Å². The van der Waals surface area contributed by atoms with Crippen LogP contribution in [-0.4, -0.2) is 33.7 Å². The van der Waals surface area contributed by atoms with Crippen LogP contribution in [0.1, 0.15) is 23.6 Å². The molecule has 176 valence electrons. The van der Waals surface area contributed by atoms with E-state index in [1.165, 1.54) is 39.9 Å². The van der Waals surface area contributed by atoms with Gasteiger partial charge in [0.1, 0.15) is 11.5 Å². The van der Waals surface area contributed by atoms with Gasteiger partial charge >= 0.3 is 0 Å². The Morgan fingerprint density at radius 2 is 1.69 bits per heavy atom. The molecule has 1 unspecified atom stereocenters. The first-order chi connectivity index (χ1) is 17.0. The maximum atomic E-state index is 13.6. The van der Waals surface area contributed by atoms with Crippen molar-refractivity contribution in [3.63, 3.8) is 0 Å². The van der Waals surface area contributed by atoms with Crippen LogP contribution in [0, 0.1) is 5.82 Å². The number of aliphatic imine (C=N–C) groups is 1. The third kappa shape index (κ3) is 4.91. The second-order valence-corrected chi connectivity index (χ2v) is 9.80. The fourth-order valence-corrected chi connectivity index (χ4v) is 5.26. The lowest BCUT2D eigenvalue weighted by Crippen LogP contribution is -2.41. The van der Waals surface area contributed by atoms with Gasteiger partial charge in [0.05, 0.1) is 10.9 Å². The Kier molecular flexibility index (Phi) is 6.51. The number of halogens is 1. The first-order valence-electron chi connectivity index (χ1n) is 11.5. The summed E-state index contributed by atoms with van der Waals surface area (Å²) in [4.78, 5) is 34.6. The number of anilines is 1. The van der Waals surface area contributed by atoms with Crippen LogP contribution in [-0.2, 0) is 22.6 Å². The van der Waals surface area contributed by atoms with Crippen LogP contribution >= 0.6 is 11.8 Å². The van der Waals surface area contributed by atoms with Crippen molar-refractivity contribution < 1.29 is 14.0 Å². The minimum Gasteiger partial charge on any atom is -0.337 e. The Bertz CT molecular complexity index is 1320. The molecular formula is C28H24FN3O2S. The van der Waals surface area contributed by atoms with E-state index in [1.54, 1.807) is 18.2 Å². The molecule has 0 aromatic heterocycles. The summed E-state index contributed by atoms with van der Waals surface area (Å²) in [7, 11) is 0. The summed E-state index contributed by atoms with van der Waals surface area (Å²) in [5, 5.41) is -0.0483. The van der Waals surface area contributed by atoms with Crippen molar-refractivity contribution in [1.29, 1.82) is 0 Å². The van der Waals surface area contributed by atoms with Gasteiger partial charge in [-0.1, -0.05) is 66.4 Å². The molecule has 2 aliphatic heterocycles. The second kappa shape index (κ2) is 9.88. The topological polar surface area (TPSA) is 53.0 Å². The largest absolute Gasteiger partial charge is 0.337 e. The lowest BCUT2D eigenvalue weighted by molar-refractivity contribution is -0.131. The zero-order valence-corrected chi connectivity index (χ0v) is 20.0. The standard InChI is InChI=1S/C28H24FN3O2S/c1-19(26(33)31-16-15-21-9-5-6-10-22(21)18-31)35-28-30-25(17-20-7-3-2-4-8-20)27(34)32(28)24-13-11-23(29)12-14-24/h2-14,17,19H,15-16,18H2,1H3/b25-17-. The number of carbonyl (C=O) groups is 2. The molecule has 0 saturated carbocycles. The zero-order chi connectivity index (χ0) is 24.4. The molecule has 2 amide bonds. The van der Waals surface area contributed by atoms with Crippen LogP contribution < -0.4 is 4.90 Å². The van der Waals surface area contributed by atoms with Crippen LogP contribution in [0.25, 0.3) is 6.08 Å². The van der Waals surface area contributed by atoms with Crippen molar-refractivity contribution in [2.45, 2.75) is 25.1 Å². The van der Waals surface area contributed by atoms with Crippen molar-refractivity contribution >= 4 is 40.5 Å². The summed E-state index contributed by atoms with van der Waals surface area (Å²) >= 11 is 1.24. The zero-order valence-electron chi connectivity index (χ0n) is 19.2. The van der Waals surface area contributed by atoms with Crippen LogP contribution in [0.2, 0.25) is 0 Å². The number of benzene rings is 3. The lowest BCUT2D eigenvalue weighted by Gasteiger charge is -2.31. The average molecular weight is 486 g/mol. The summed E-state index contributed by atoms with van der Waals surface area (Å²) in [6.07, 6.45) is 2.55. The predicted molar refractivity (Wildman–Crippen MR) is 138 cm³/mol. The van der Waals surface area contributed by atoms with Crippen molar-refractivity contribution in [3.8, 4) is 0 Å². The smallest absolute Gasteiger partial charge is 0.283 e. The molecule has 0 fully saturated rings. The van der Waals surface area contributed by atoms with Crippen LogP contribution in [0.4, 0.5) is 10.1 Å². The molecule has 35 heavy (non-hydrogen) atoms. The van der Waals surface area contributed by atoms with Crippen molar-refractivity contribution in [3.05, 3.63) is 107 Å². The van der Waals surface area contributed by atoms with Gasteiger partial charge < -0.3 is 4.90 Å². The summed E-state index contributed by atoms with van der Waals surface area (Å²) in [5.74, 6) is -0.700. The molecule has 1 atom stereocenters. The van der Waals surface area contributed by atoms with E-state index in [-0.39, 0.29) is 23.3 Å². The summed E-state index contributed by atoms with van der Waals surface area (Å²) < 4.78 is 13.6. The number of hydrogen-bond donors (Lipinski definition) is 0. The van der Waals surface area contributed by atoms with Crippen LogP contribution in [0.3, 0.4) is 0 Å². The van der Waals surface area contributed by atoms with Gasteiger partial charge in [-0.15, -0.1) is 0 Å². The number of nitrogens with zero attached hydrogens (tertiary/aromatic N) is 3. The number of amidine groups is 1. The van der Waals surface area contributed by atoms with Crippen LogP contribution in [0.15, 0.2) is 89.6 Å². The number of rotatable bonds is 4. The predicted octanol–water partition coefficient (Wildman–Crippen LogP) is 5.28. The molecule has 5 nitrogen and oxygen atoms in total. The molecule has 3 aromatic carbocycles. The van der Waals surface area contributed by atoms with E-state index in [0.717, 1.165) is 12.0 Å². The summed E-state index contributed by atoms with van der Waals surface area (Å²) in [6.45, 7) is 3.07. The van der Waals surface area contributed by atoms with Gasteiger partial charge in [0, 0.05) is 13.1 Å². The highest BCUT2D eigenvalue weighted by molar-refractivity contribution is 8.15. The summed E-state index contributed by atoms with van der Waals surface area (Å²) in [5.41, 5.74) is 4.07. The number of fused-ring (bicyclic) bond motifs is 1. The maximum Gasteiger partial charge on any atom is 0.283 e. The molecule has 7 heteroatoms. The Balaban J connectivity index is 1.40. The molecule has 0 N–H and O–H groups in total. The Hall–Kier alpha value is -3.71. The molecule has 0 radical (unpaired) electrons. The second-order valence-electron chi connectivity index (χ2n) is 8.49. The van der Waals surface area contributed by atoms with E-state index in [0.29, 0.717) is 23.9 Å². The van der Waals surface area contributed by atoms with Gasteiger partial charge in [-0.2, -0.15) is 0 Å². The van der Waals surface area contributed by atoms with Crippen molar-refractivity contribution in [2.24, 2.45) is 4.99 Å². The van der Waals surface area contributed by atoms with E-state index >= 15 is 0 Å². The van der Waals surface area contributed by atoms with Crippen molar-refractivity contribution in [2.75, 3.05) is 11.4 Å². The lowest BCUT2D eigenvalue weighted by atomic mass is 10.00. The van der Waals surface area contributed by atoms with Gasteiger partial charge in [-0.3, -0.25) is 14.5 Å². The number of hydrogen-bond acceptors (Lipinski definition) is 4. The van der Waals surface area contributed by atoms with Gasteiger partial charge in [0.15, 0.2) is 5.17 Å². The maximum absolute atomic E-state index is 13.6. The first kappa shape index (κ1) is 23.1. The van der Waals surface area contributed by atoms with Gasteiger partial charge in [-0.05, 0) is 60.4 Å². The average Bonchev–Trinajstić information content (AvgIpc) is 3.18. The van der Waals surface area contributed by atoms with E-state index in [9.17, 15) is 14.0 Å². The van der Waals surface area contributed by atoms with E-state index in [2.05, 4.69) is 17.1 Å². The van der Waals surface area contributed by atoms with E-state index in [4.69, 9.17) is 0 Å². The van der Waals surface area contributed by atoms with E-state index < -0.39 is 5.25 Å². The Labute approximate surface area is 208 Å². The highest BCUT2D eigenvalue weighted by Crippen LogP contribution is 2.32. The Morgan fingerprint density at radius 3 is 2.43 bits per heavy atom. The van der Waals surface area contributed by atoms with Gasteiger partial charge in [-0.25, -0.2) is 9.38 Å². The third-order valence-electron chi connectivity index (χ3n) is 6.09. The highest BCUT2D eigenvalue weighted by atomic mass is 32.2. The van der Waals surface area contributed by atoms with Crippen molar-refractivity contribution in [1.82, 2.24) is 4.90 Å². The molecular weight excluding hydrogens is 461 g/mol. The molecule has 0 bridgehead atoms. The number of amides is 2. The molecule has 0 aliphatic carbocycles. The minimum absolute atomic E-state index is 0.000743. The van der Waals surface area contributed by atoms with E-state index in [1.807, 2.05) is 54.3 Å². The first-order valence-corrected chi connectivity index (χ1v) is 12.4. The van der Waals surface area contributed by atoms with Crippen LogP contribution in [0.5, 0.6) is 0 Å². The molecule has 2 aliphatic rings. The summed E-state index contributed by atoms with van der Waals surface area (Å²) in [6, 6.07) is 23.4. The number of thioether (sulfide) groups is 1. The fourth-order valence-electron chi connectivity index (χ4n) is 4.25. The third-order valence-corrected chi connectivity index (χ3v) is 7.13. The van der Waals surface area contributed by atoms with Gasteiger partial charge in [0.2, 0.25) is 5.91 Å². The molecule has 2 heterocycles. The molecule has 5 rings (SSSR count). The molecule has 3 aromatic rings. The fraction of sp³-hybridized carbons (Fsp3) is 0.179. The normalized spacial score (nSPS) is 17.4. The minimum atomic E-state index is -0.453. The Morgan fingerprint density at radius 1 is 1.00 bits per heavy atom. The SMILES string of the molecule is CC(SC1=N/C(=C\c2ccccc2)C(=O)N1c1ccc(F)cc1)C(=O)N1CCc2ccccc2C1. The highest BCUT2D eigenvalue weighted by Gasteiger charge is 2.35.